The van der Waals surface area contributed by atoms with Crippen LogP contribution in [0, 0.1) is 0 Å². The number of hydrogen-bond acceptors (Lipinski definition) is 5. The third-order valence-corrected chi connectivity index (χ3v) is 7.91. The average molecular weight is 633 g/mol. The Kier molecular flexibility index (Phi) is 18.4. The third-order valence-electron chi connectivity index (χ3n) is 7.28. The van der Waals surface area contributed by atoms with Gasteiger partial charge in [0.15, 0.2) is 12.4 Å². The number of amides is 1. The Morgan fingerprint density at radius 3 is 1.98 bits per heavy atom. The maximum atomic E-state index is 13.1. The second-order valence-electron chi connectivity index (χ2n) is 11.0. The Bertz CT molecular complexity index is 1130. The highest BCUT2D eigenvalue weighted by Crippen LogP contribution is 2.25. The maximum Gasteiger partial charge on any atom is 0.341 e. The number of phenolic OH excluding ortho intramolecular Hbond substituents is 1. The minimum Gasteiger partial charge on any atom is -0.508 e. The third kappa shape index (κ3) is 15.5. The SMILES string of the molecule is CCCCCCCC/C=C\CCCCCCCC(=O)N[C@H](Cc1ccc(O)cc1)C(=O)COC(=O)c1c(Cl)cccc1Cl. The number of halogens is 2. The normalized spacial score (nSPS) is 11.9. The van der Waals surface area contributed by atoms with Gasteiger partial charge in [0.25, 0.3) is 0 Å². The number of nitrogens with one attached hydrogen (secondary N) is 1. The number of allylic oxidation sites excluding steroid dienone is 2. The summed E-state index contributed by atoms with van der Waals surface area (Å²) in [6.45, 7) is 1.70. The molecule has 0 fully saturated rings. The number of Topliss-reactive ketones (excluding diaryl/α,β-unsaturated/α-hetero) is 1. The molecular weight excluding hydrogens is 585 g/mol. The van der Waals surface area contributed by atoms with Crippen molar-refractivity contribution >= 4 is 40.9 Å². The zero-order valence-electron chi connectivity index (χ0n) is 25.4. The second kappa shape index (κ2) is 21.8. The van der Waals surface area contributed by atoms with E-state index >= 15 is 0 Å². The largest absolute Gasteiger partial charge is 0.508 e. The topological polar surface area (TPSA) is 92.7 Å². The number of ether oxygens (including phenoxy) is 1. The lowest BCUT2D eigenvalue weighted by Crippen LogP contribution is -2.44. The summed E-state index contributed by atoms with van der Waals surface area (Å²) in [4.78, 5) is 38.3. The fraction of sp³-hybridized carbons (Fsp3) is 0.514. The minimum atomic E-state index is -0.894. The van der Waals surface area contributed by atoms with Crippen LogP contribution in [0.1, 0.15) is 113 Å². The molecule has 0 saturated heterocycles. The van der Waals surface area contributed by atoms with Crippen molar-refractivity contribution in [3.63, 3.8) is 0 Å². The molecule has 0 spiro atoms. The average Bonchev–Trinajstić information content (AvgIpc) is 2.98. The Balaban J connectivity index is 1.72. The molecule has 0 unspecified atom stereocenters. The lowest BCUT2D eigenvalue weighted by Gasteiger charge is -2.18. The number of ketones is 1. The molecule has 2 aromatic rings. The van der Waals surface area contributed by atoms with Crippen LogP contribution >= 0.6 is 23.2 Å². The van der Waals surface area contributed by atoms with E-state index in [9.17, 15) is 19.5 Å². The molecule has 6 nitrogen and oxygen atoms in total. The molecule has 0 aliphatic heterocycles. The smallest absolute Gasteiger partial charge is 0.341 e. The number of esters is 1. The van der Waals surface area contributed by atoms with Crippen molar-refractivity contribution in [3.05, 3.63) is 75.8 Å². The van der Waals surface area contributed by atoms with Gasteiger partial charge in [0.1, 0.15) is 5.75 Å². The summed E-state index contributed by atoms with van der Waals surface area (Å²) in [6, 6.07) is 10.1. The van der Waals surface area contributed by atoms with Crippen LogP contribution in [0.4, 0.5) is 0 Å². The standard InChI is InChI=1S/C35H47Cl2NO5/c1-2-3-4-5-6-7-8-9-10-11-12-13-14-15-16-20-33(41)38-31(25-27-21-23-28(39)24-22-27)32(40)26-43-35(42)34-29(36)18-17-19-30(34)37/h9-10,17-19,21-24,31,39H,2-8,11-16,20,25-26H2,1H3,(H,38,41)/b10-9-/t31-/m1/s1. The van der Waals surface area contributed by atoms with Crippen molar-refractivity contribution in [2.45, 2.75) is 109 Å². The highest BCUT2D eigenvalue weighted by Gasteiger charge is 2.24. The van der Waals surface area contributed by atoms with Gasteiger partial charge in [-0.3, -0.25) is 9.59 Å². The van der Waals surface area contributed by atoms with Crippen molar-refractivity contribution in [2.24, 2.45) is 0 Å². The summed E-state index contributed by atoms with van der Waals surface area (Å²) in [7, 11) is 0. The van der Waals surface area contributed by atoms with E-state index < -0.39 is 24.4 Å². The van der Waals surface area contributed by atoms with E-state index in [1.54, 1.807) is 18.2 Å². The highest BCUT2D eigenvalue weighted by molar-refractivity contribution is 6.39. The van der Waals surface area contributed by atoms with Crippen LogP contribution in [0.15, 0.2) is 54.6 Å². The van der Waals surface area contributed by atoms with Gasteiger partial charge in [-0.25, -0.2) is 4.79 Å². The molecule has 0 radical (unpaired) electrons. The molecule has 0 heterocycles. The number of aromatic hydroxyl groups is 1. The minimum absolute atomic E-state index is 0.0121. The van der Waals surface area contributed by atoms with Crippen molar-refractivity contribution in [2.75, 3.05) is 6.61 Å². The monoisotopic (exact) mass is 631 g/mol. The number of carbonyl (C=O) groups excluding carboxylic acids is 3. The summed E-state index contributed by atoms with van der Waals surface area (Å²) in [5.41, 5.74) is 0.736. The molecule has 236 valence electrons. The van der Waals surface area contributed by atoms with Crippen molar-refractivity contribution < 1.29 is 24.2 Å². The Morgan fingerprint density at radius 2 is 1.37 bits per heavy atom. The predicted octanol–water partition coefficient (Wildman–Crippen LogP) is 9.19. The number of benzene rings is 2. The van der Waals surface area contributed by atoms with E-state index in [2.05, 4.69) is 24.4 Å². The first kappa shape index (κ1) is 36.4. The lowest BCUT2D eigenvalue weighted by atomic mass is 10.0. The molecule has 0 aromatic heterocycles. The maximum absolute atomic E-state index is 13.1. The van der Waals surface area contributed by atoms with Gasteiger partial charge in [0.2, 0.25) is 5.91 Å². The van der Waals surface area contributed by atoms with Crippen LogP contribution in [0.5, 0.6) is 5.75 Å². The van der Waals surface area contributed by atoms with Gasteiger partial charge in [-0.2, -0.15) is 0 Å². The van der Waals surface area contributed by atoms with E-state index in [-0.39, 0.29) is 33.7 Å². The van der Waals surface area contributed by atoms with E-state index in [1.165, 1.54) is 69.2 Å². The second-order valence-corrected chi connectivity index (χ2v) is 11.8. The van der Waals surface area contributed by atoms with Crippen LogP contribution in [-0.4, -0.2) is 35.4 Å². The number of unbranched alkanes of at least 4 members (excludes halogenated alkanes) is 11. The summed E-state index contributed by atoms with van der Waals surface area (Å²) < 4.78 is 5.21. The van der Waals surface area contributed by atoms with Crippen molar-refractivity contribution in [3.8, 4) is 5.75 Å². The fourth-order valence-corrected chi connectivity index (χ4v) is 5.29. The molecule has 0 saturated carbocycles. The van der Waals surface area contributed by atoms with Crippen LogP contribution in [0.25, 0.3) is 0 Å². The molecule has 0 bridgehead atoms. The Hall–Kier alpha value is -2.83. The quantitative estimate of drug-likeness (QED) is 0.0767. The molecule has 0 aliphatic rings. The molecule has 2 aromatic carbocycles. The lowest BCUT2D eigenvalue weighted by molar-refractivity contribution is -0.129. The molecule has 1 amide bonds. The Labute approximate surface area is 267 Å². The van der Waals surface area contributed by atoms with Gasteiger partial charge < -0.3 is 15.2 Å². The fourth-order valence-electron chi connectivity index (χ4n) is 4.74. The van der Waals surface area contributed by atoms with Gasteiger partial charge in [-0.05, 0) is 68.4 Å². The van der Waals surface area contributed by atoms with E-state index in [0.717, 1.165) is 44.1 Å². The van der Waals surface area contributed by atoms with Gasteiger partial charge in [-0.15, -0.1) is 0 Å². The van der Waals surface area contributed by atoms with Crippen LogP contribution in [-0.2, 0) is 20.7 Å². The summed E-state index contributed by atoms with van der Waals surface area (Å²) >= 11 is 12.2. The number of carbonyl (C=O) groups is 3. The summed E-state index contributed by atoms with van der Waals surface area (Å²) in [6.07, 6.45) is 20.4. The Morgan fingerprint density at radius 1 is 0.814 bits per heavy atom. The van der Waals surface area contributed by atoms with Crippen molar-refractivity contribution in [1.29, 1.82) is 0 Å². The zero-order valence-corrected chi connectivity index (χ0v) is 26.9. The summed E-state index contributed by atoms with van der Waals surface area (Å²) in [5.74, 6) is -1.39. The van der Waals surface area contributed by atoms with Gasteiger partial charge in [0.05, 0.1) is 21.7 Å². The highest BCUT2D eigenvalue weighted by atomic mass is 35.5. The first-order valence-electron chi connectivity index (χ1n) is 15.7. The molecular formula is C35H47Cl2NO5. The molecule has 43 heavy (non-hydrogen) atoms. The number of phenols is 1. The van der Waals surface area contributed by atoms with Crippen LogP contribution < -0.4 is 5.32 Å². The molecule has 2 N–H and O–H groups in total. The number of hydrogen-bond donors (Lipinski definition) is 2. The predicted molar refractivity (Wildman–Crippen MR) is 175 cm³/mol. The van der Waals surface area contributed by atoms with Crippen LogP contribution in [0.2, 0.25) is 10.0 Å². The van der Waals surface area contributed by atoms with Crippen molar-refractivity contribution in [1.82, 2.24) is 5.32 Å². The first-order valence-corrected chi connectivity index (χ1v) is 16.4. The van der Waals surface area contributed by atoms with E-state index in [4.69, 9.17) is 27.9 Å². The van der Waals surface area contributed by atoms with Gasteiger partial charge >= 0.3 is 5.97 Å². The molecule has 8 heteroatoms. The van der Waals surface area contributed by atoms with Gasteiger partial charge in [0, 0.05) is 6.42 Å². The molecule has 0 aliphatic carbocycles. The first-order chi connectivity index (χ1) is 20.8. The summed E-state index contributed by atoms with van der Waals surface area (Å²) in [5, 5.41) is 12.6. The van der Waals surface area contributed by atoms with E-state index in [0.29, 0.717) is 6.42 Å². The molecule has 2 rings (SSSR count). The number of rotatable bonds is 22. The van der Waals surface area contributed by atoms with Gasteiger partial charge in [-0.1, -0.05) is 112 Å². The molecule has 1 atom stereocenters. The van der Waals surface area contributed by atoms with Crippen LogP contribution in [0.3, 0.4) is 0 Å². The zero-order chi connectivity index (χ0) is 31.3. The van der Waals surface area contributed by atoms with E-state index in [1.807, 2.05) is 0 Å².